The van der Waals surface area contributed by atoms with Crippen molar-refractivity contribution in [1.82, 2.24) is 105 Å². The van der Waals surface area contributed by atoms with Gasteiger partial charge in [-0.1, -0.05) is 11.2 Å². The van der Waals surface area contributed by atoms with Crippen LogP contribution in [0.1, 0.15) is 82.7 Å². The van der Waals surface area contributed by atoms with Crippen molar-refractivity contribution in [1.29, 1.82) is 0 Å². The summed E-state index contributed by atoms with van der Waals surface area (Å²) in [5, 5.41) is 39.2. The fourth-order valence-corrected chi connectivity index (χ4v) is 6.89. The van der Waals surface area contributed by atoms with E-state index in [0.717, 1.165) is 55.5 Å². The molecule has 15 heterocycles. The largest absolute Gasteiger partial charge is 0.470 e. The minimum absolute atomic E-state index is 0.606. The molecule has 33 heteroatoms. The number of aryl methyl sites for hydroxylation is 15. The zero-order valence-corrected chi connectivity index (χ0v) is 57.4. The van der Waals surface area contributed by atoms with E-state index in [2.05, 4.69) is 143 Å². The topological polar surface area (TPSA) is 358 Å². The van der Waals surface area contributed by atoms with Gasteiger partial charge in [-0.25, -0.2) is 29.9 Å². The molecule has 0 spiro atoms. The first-order valence-electron chi connectivity index (χ1n) is 26.2. The monoisotopic (exact) mass is 1340 g/mol. The molecule has 0 bridgehead atoms. The van der Waals surface area contributed by atoms with E-state index >= 15 is 0 Å². The van der Waals surface area contributed by atoms with Crippen molar-refractivity contribution in [2.45, 2.75) is 104 Å². The van der Waals surface area contributed by atoms with E-state index in [0.29, 0.717) is 11.8 Å². The fourth-order valence-electron chi connectivity index (χ4n) is 4.28. The first-order chi connectivity index (χ1) is 43.4. The van der Waals surface area contributed by atoms with Gasteiger partial charge in [0.05, 0.1) is 40.4 Å². The predicted molar refractivity (Wildman–Crippen MR) is 352 cm³/mol. The van der Waals surface area contributed by atoms with Crippen LogP contribution in [0.3, 0.4) is 0 Å². The Morgan fingerprint density at radius 2 is 1.24 bits per heavy atom. The van der Waals surface area contributed by atoms with Crippen molar-refractivity contribution in [3.8, 4) is 0 Å². The van der Waals surface area contributed by atoms with Gasteiger partial charge in [0.15, 0.2) is 25.0 Å². The number of hydrogen-bond donors (Lipinski definition) is 3. The van der Waals surface area contributed by atoms with Gasteiger partial charge in [0.2, 0.25) is 18.2 Å². The number of thiazole rings is 3. The highest BCUT2D eigenvalue weighted by atomic mass is 32.1. The summed E-state index contributed by atoms with van der Waals surface area (Å²) in [5.74, 6) is 5.47. The van der Waals surface area contributed by atoms with Crippen LogP contribution >= 0.6 is 68.2 Å². The minimum atomic E-state index is 0.606. The normalized spacial score (nSPS) is 8.83. The summed E-state index contributed by atoms with van der Waals surface area (Å²) < 4.78 is 31.7. The van der Waals surface area contributed by atoms with Gasteiger partial charge in [-0.15, -0.1) is 77.1 Å². The predicted octanol–water partition coefficient (Wildman–Crippen LogP) is 14.9. The molecular formula is C57H75N21O6S6. The number of thiophene rings is 1. The second-order valence-electron chi connectivity index (χ2n) is 16.4. The first kappa shape index (κ1) is 78.5. The Morgan fingerprint density at radius 3 is 1.40 bits per heavy atom. The molecule has 15 aromatic heterocycles. The van der Waals surface area contributed by atoms with Crippen molar-refractivity contribution >= 4 is 68.2 Å². The van der Waals surface area contributed by atoms with Crippen LogP contribution in [0.5, 0.6) is 0 Å². The zero-order valence-electron chi connectivity index (χ0n) is 52.5. The molecule has 0 saturated heterocycles. The van der Waals surface area contributed by atoms with E-state index < -0.39 is 0 Å². The summed E-state index contributed by atoms with van der Waals surface area (Å²) in [5.41, 5.74) is 8.63. The average molecular weight is 1340 g/mol. The molecule has 0 saturated carbocycles. The second kappa shape index (κ2) is 53.7. The summed E-state index contributed by atoms with van der Waals surface area (Å²) >= 11 is 9.71. The van der Waals surface area contributed by atoms with Crippen LogP contribution in [0.2, 0.25) is 0 Å². The van der Waals surface area contributed by atoms with Crippen LogP contribution < -0.4 is 0 Å². The first-order valence-corrected chi connectivity index (χ1v) is 31.4. The summed E-state index contributed by atoms with van der Waals surface area (Å²) in [7, 11) is 0. The van der Waals surface area contributed by atoms with Gasteiger partial charge in [0, 0.05) is 71.3 Å². The lowest BCUT2D eigenvalue weighted by Gasteiger charge is -1.70. The summed E-state index contributed by atoms with van der Waals surface area (Å²) in [6.45, 7) is 28.6. The van der Waals surface area contributed by atoms with Crippen molar-refractivity contribution in [3.63, 3.8) is 0 Å². The van der Waals surface area contributed by atoms with Gasteiger partial charge in [0.1, 0.15) is 70.2 Å². The van der Waals surface area contributed by atoms with Gasteiger partial charge in [-0.05, 0) is 130 Å². The highest BCUT2D eigenvalue weighted by molar-refractivity contribution is 7.10. The smallest absolute Gasteiger partial charge is 0.223 e. The standard InChI is InChI=1S/C5H7N.C5H6O.C5H6S.3C4H5NO.3C4H5NS.2C3H5N3.2C3H4N2O.2C3H4N2S/c3*1-5-3-2-4-6-5;1-4-2-6-3-5-4;1-4-2-5-3-6-4;1-4-5-2-3-6-4;1-4-2-6-3-5-4;1-4-2-5-3-6-4;1-4-5-2-3-6-4;2*1-3-4-2-5-6-3;1-3-5-4-2-6-3;1-3-4-2-5-6-3;1-3-5-4-2-6-3;1-3-4-2-5-6-3/h2-4,6H,1H3;2*2-4H,1H3;6*2-3H,1H3;2*2H,1H3,(H,4,5,6);4*2H,1H3. The van der Waals surface area contributed by atoms with Gasteiger partial charge in [-0.3, -0.25) is 25.1 Å². The van der Waals surface area contributed by atoms with Crippen LogP contribution in [-0.2, 0) is 0 Å². The molecule has 0 aliphatic carbocycles. The van der Waals surface area contributed by atoms with E-state index in [1.165, 1.54) is 65.1 Å². The van der Waals surface area contributed by atoms with Crippen molar-refractivity contribution in [2.75, 3.05) is 0 Å². The number of hydrogen-bond acceptors (Lipinski definition) is 30. The van der Waals surface area contributed by atoms with Crippen LogP contribution in [-0.4, -0.2) is 105 Å². The highest BCUT2D eigenvalue weighted by Gasteiger charge is 1.84. The molecule has 0 aliphatic heterocycles. The lowest BCUT2D eigenvalue weighted by Crippen LogP contribution is -1.68. The summed E-state index contributed by atoms with van der Waals surface area (Å²) in [6, 6.07) is 12.0. The van der Waals surface area contributed by atoms with Crippen molar-refractivity contribution < 1.29 is 26.6 Å². The number of furan rings is 1. The number of nitrogens with one attached hydrogen (secondary N) is 3. The number of nitrogens with zero attached hydrogens (tertiary/aromatic N) is 18. The maximum absolute atomic E-state index is 4.83. The van der Waals surface area contributed by atoms with E-state index in [4.69, 9.17) is 13.3 Å². The number of H-pyrrole nitrogens is 3. The van der Waals surface area contributed by atoms with Crippen LogP contribution in [0, 0.1) is 104 Å². The molecule has 3 N–H and O–H groups in total. The third kappa shape index (κ3) is 51.7. The van der Waals surface area contributed by atoms with Gasteiger partial charge in [0.25, 0.3) is 0 Å². The Labute approximate surface area is 546 Å². The van der Waals surface area contributed by atoms with E-state index in [9.17, 15) is 0 Å². The lowest BCUT2D eigenvalue weighted by molar-refractivity contribution is 0.392. The fraction of sp³-hybridized carbons (Fsp3) is 0.263. The Balaban J connectivity index is 0.000000482. The lowest BCUT2D eigenvalue weighted by atomic mass is 10.5. The molecule has 90 heavy (non-hydrogen) atoms. The summed E-state index contributed by atoms with van der Waals surface area (Å²) in [4.78, 5) is 43.5. The minimum Gasteiger partial charge on any atom is -0.470 e. The summed E-state index contributed by atoms with van der Waals surface area (Å²) in [6.07, 6.45) is 23.7. The molecule has 15 rings (SSSR count). The van der Waals surface area contributed by atoms with Crippen LogP contribution in [0.15, 0.2) is 190 Å². The Kier molecular flexibility index (Phi) is 46.8. The van der Waals surface area contributed by atoms with Crippen molar-refractivity contribution in [2.24, 2.45) is 0 Å². The molecule has 27 nitrogen and oxygen atoms in total. The Bertz CT molecular complexity index is 2630. The zero-order chi connectivity index (χ0) is 66.1. The molecule has 0 radical (unpaired) electrons. The molecule has 0 aromatic carbocycles. The maximum Gasteiger partial charge on any atom is 0.223 e. The molecule has 480 valence electrons. The Morgan fingerprint density at radius 1 is 0.467 bits per heavy atom. The van der Waals surface area contributed by atoms with Gasteiger partial charge >= 0.3 is 0 Å². The molecule has 0 unspecified atom stereocenters. The number of oxazole rings is 3. The number of rotatable bonds is 0. The Hall–Kier alpha value is -9.54. The van der Waals surface area contributed by atoms with E-state index in [-0.39, 0.29) is 0 Å². The molecule has 0 aliphatic rings. The van der Waals surface area contributed by atoms with E-state index in [1.807, 2.05) is 135 Å². The third-order valence-corrected chi connectivity index (χ3v) is 12.5. The second-order valence-corrected chi connectivity index (χ2v) is 22.4. The van der Waals surface area contributed by atoms with Crippen LogP contribution in [0.4, 0.5) is 0 Å². The van der Waals surface area contributed by atoms with Gasteiger partial charge in [-0.2, -0.15) is 19.6 Å². The molecule has 0 amide bonds. The highest BCUT2D eigenvalue weighted by Crippen LogP contribution is 2.04. The molecule has 0 atom stereocenters. The third-order valence-electron chi connectivity index (χ3n) is 8.37. The maximum atomic E-state index is 4.83. The molecule has 15 aromatic rings. The van der Waals surface area contributed by atoms with E-state index in [1.54, 1.807) is 127 Å². The SMILES string of the molecule is Cc1ccc[nH]1.Cc1ccco1.Cc1cccs1.Cc1cnco1.Cc1cncs1.Cc1cocn1.Cc1cscn1.Cc1ncco1.Cc1nccs1.Cc1ncn[nH]1.Cc1ncn[nH]1.Cc1ncno1.Cc1ncns1.Cc1nnco1.Cc1nncs1. The number of aromatic nitrogens is 21. The molecular weight excluding hydrogens is 1270 g/mol. The number of aromatic amines is 3. The quantitative estimate of drug-likeness (QED) is 0.127. The average Bonchev–Trinajstić information content (AvgIpc) is 4.31. The van der Waals surface area contributed by atoms with Gasteiger partial charge < -0.3 is 31.6 Å². The van der Waals surface area contributed by atoms with Crippen molar-refractivity contribution in [3.05, 3.63) is 246 Å². The van der Waals surface area contributed by atoms with Crippen LogP contribution in [0.25, 0.3) is 0 Å². The molecule has 0 fully saturated rings.